The Labute approximate surface area is 89.9 Å². The molecular formula is C12H17NO2. The zero-order valence-electron chi connectivity index (χ0n) is 9.17. The van der Waals surface area contributed by atoms with E-state index in [1.54, 1.807) is 12.1 Å². The van der Waals surface area contributed by atoms with Gasteiger partial charge >= 0.3 is 0 Å². The van der Waals surface area contributed by atoms with E-state index in [1.165, 1.54) is 0 Å². The molecule has 3 nitrogen and oxygen atoms in total. The maximum atomic E-state index is 9.90. The highest BCUT2D eigenvalue weighted by Gasteiger charge is 2.13. The number of phenolic OH excluding ortho intramolecular Hbond substituents is 2. The van der Waals surface area contributed by atoms with Crippen molar-refractivity contribution in [2.24, 2.45) is 0 Å². The standard InChI is InChI=1S/C12H17NO2/c1-3-5-9-11(14)7-6-8(12(9)15)10(13)4-2/h6-7,13-15H,3-5H2,1-2H3. The van der Waals surface area contributed by atoms with Crippen LogP contribution in [-0.2, 0) is 6.42 Å². The third-order valence-electron chi connectivity index (χ3n) is 2.44. The molecule has 1 rings (SSSR count). The van der Waals surface area contributed by atoms with E-state index in [0.29, 0.717) is 29.7 Å². The molecule has 0 aromatic heterocycles. The summed E-state index contributed by atoms with van der Waals surface area (Å²) in [6.45, 7) is 3.85. The first-order chi connectivity index (χ1) is 7.11. The molecule has 1 aromatic rings. The van der Waals surface area contributed by atoms with Crippen LogP contribution >= 0.6 is 0 Å². The normalized spacial score (nSPS) is 10.3. The molecule has 0 saturated carbocycles. The van der Waals surface area contributed by atoms with Crippen LogP contribution in [0.15, 0.2) is 12.1 Å². The first-order valence-corrected chi connectivity index (χ1v) is 5.23. The number of nitrogens with one attached hydrogen (secondary N) is 1. The highest BCUT2D eigenvalue weighted by atomic mass is 16.3. The smallest absolute Gasteiger partial charge is 0.131 e. The van der Waals surface area contributed by atoms with Crippen molar-refractivity contribution in [3.63, 3.8) is 0 Å². The lowest BCUT2D eigenvalue weighted by molar-refractivity contribution is 0.437. The quantitative estimate of drug-likeness (QED) is 0.665. The maximum absolute atomic E-state index is 9.90. The van der Waals surface area contributed by atoms with Crippen molar-refractivity contribution in [1.29, 1.82) is 5.41 Å². The molecule has 0 aliphatic heterocycles. The van der Waals surface area contributed by atoms with Gasteiger partial charge in [-0.05, 0) is 25.0 Å². The second kappa shape index (κ2) is 4.82. The van der Waals surface area contributed by atoms with Crippen LogP contribution in [0, 0.1) is 5.41 Å². The van der Waals surface area contributed by atoms with Crippen molar-refractivity contribution in [2.45, 2.75) is 33.1 Å². The monoisotopic (exact) mass is 207 g/mol. The Morgan fingerprint density at radius 3 is 2.47 bits per heavy atom. The minimum Gasteiger partial charge on any atom is -0.508 e. The molecule has 1 aromatic carbocycles. The second-order valence-electron chi connectivity index (χ2n) is 3.54. The van der Waals surface area contributed by atoms with Crippen molar-refractivity contribution in [2.75, 3.05) is 0 Å². The molecule has 0 amide bonds. The highest BCUT2D eigenvalue weighted by Crippen LogP contribution is 2.32. The van der Waals surface area contributed by atoms with Crippen molar-refractivity contribution in [3.05, 3.63) is 23.3 Å². The van der Waals surface area contributed by atoms with Crippen molar-refractivity contribution in [3.8, 4) is 11.5 Å². The van der Waals surface area contributed by atoms with Gasteiger partial charge in [0.2, 0.25) is 0 Å². The minimum absolute atomic E-state index is 0.0590. The third-order valence-corrected chi connectivity index (χ3v) is 2.44. The van der Waals surface area contributed by atoms with E-state index in [2.05, 4.69) is 0 Å². The van der Waals surface area contributed by atoms with Crippen molar-refractivity contribution < 1.29 is 10.2 Å². The Morgan fingerprint density at radius 2 is 1.93 bits per heavy atom. The molecule has 0 bridgehead atoms. The Kier molecular flexibility index (Phi) is 3.72. The molecule has 0 heterocycles. The minimum atomic E-state index is 0.0590. The van der Waals surface area contributed by atoms with Crippen LogP contribution in [0.4, 0.5) is 0 Å². The van der Waals surface area contributed by atoms with Crippen LogP contribution in [0.5, 0.6) is 11.5 Å². The topological polar surface area (TPSA) is 64.3 Å². The fraction of sp³-hybridized carbons (Fsp3) is 0.417. The van der Waals surface area contributed by atoms with E-state index in [4.69, 9.17) is 5.41 Å². The second-order valence-corrected chi connectivity index (χ2v) is 3.54. The average Bonchev–Trinajstić information content (AvgIpc) is 2.23. The molecular weight excluding hydrogens is 190 g/mol. The predicted octanol–water partition coefficient (Wildman–Crippen LogP) is 2.83. The predicted molar refractivity (Wildman–Crippen MR) is 60.9 cm³/mol. The first kappa shape index (κ1) is 11.6. The lowest BCUT2D eigenvalue weighted by atomic mass is 9.99. The molecule has 0 spiro atoms. The Morgan fingerprint density at radius 1 is 1.27 bits per heavy atom. The number of aromatic hydroxyl groups is 2. The van der Waals surface area contributed by atoms with Crippen LogP contribution in [0.1, 0.15) is 37.8 Å². The first-order valence-electron chi connectivity index (χ1n) is 5.23. The summed E-state index contributed by atoms with van der Waals surface area (Å²) in [6.07, 6.45) is 2.05. The van der Waals surface area contributed by atoms with E-state index in [9.17, 15) is 10.2 Å². The van der Waals surface area contributed by atoms with Gasteiger partial charge in [0.15, 0.2) is 0 Å². The molecule has 0 radical (unpaired) electrons. The summed E-state index contributed by atoms with van der Waals surface area (Å²) in [6, 6.07) is 3.14. The molecule has 0 atom stereocenters. The third kappa shape index (κ3) is 2.29. The lowest BCUT2D eigenvalue weighted by Crippen LogP contribution is -1.99. The molecule has 3 N–H and O–H groups in total. The fourth-order valence-electron chi connectivity index (χ4n) is 1.56. The molecule has 0 aliphatic carbocycles. The zero-order chi connectivity index (χ0) is 11.4. The van der Waals surface area contributed by atoms with E-state index < -0.39 is 0 Å². The SMILES string of the molecule is CCCc1c(O)ccc(C(=N)CC)c1O. The Hall–Kier alpha value is -1.51. The van der Waals surface area contributed by atoms with Gasteiger partial charge in [0, 0.05) is 16.8 Å². The zero-order valence-corrected chi connectivity index (χ0v) is 9.17. The molecule has 82 valence electrons. The summed E-state index contributed by atoms with van der Waals surface area (Å²) in [5.41, 5.74) is 1.47. The summed E-state index contributed by atoms with van der Waals surface area (Å²) in [5, 5.41) is 27.1. The molecule has 0 unspecified atom stereocenters. The van der Waals surface area contributed by atoms with Gasteiger partial charge in [0.05, 0.1) is 0 Å². The Balaban J connectivity index is 3.21. The van der Waals surface area contributed by atoms with Crippen LogP contribution in [-0.4, -0.2) is 15.9 Å². The molecule has 15 heavy (non-hydrogen) atoms. The van der Waals surface area contributed by atoms with Gasteiger partial charge in [-0.25, -0.2) is 0 Å². The van der Waals surface area contributed by atoms with Gasteiger partial charge in [-0.3, -0.25) is 0 Å². The van der Waals surface area contributed by atoms with Crippen LogP contribution < -0.4 is 0 Å². The van der Waals surface area contributed by atoms with Crippen molar-refractivity contribution in [1.82, 2.24) is 0 Å². The highest BCUT2D eigenvalue weighted by molar-refractivity contribution is 6.00. The molecule has 0 aliphatic rings. The summed E-state index contributed by atoms with van der Waals surface area (Å²) in [4.78, 5) is 0. The number of hydrogen-bond acceptors (Lipinski definition) is 3. The Bertz CT molecular complexity index is 372. The van der Waals surface area contributed by atoms with E-state index >= 15 is 0 Å². The number of benzene rings is 1. The average molecular weight is 207 g/mol. The van der Waals surface area contributed by atoms with Crippen LogP contribution in [0.3, 0.4) is 0 Å². The van der Waals surface area contributed by atoms with Gasteiger partial charge in [0.25, 0.3) is 0 Å². The maximum Gasteiger partial charge on any atom is 0.131 e. The fourth-order valence-corrected chi connectivity index (χ4v) is 1.56. The summed E-state index contributed by atoms with van der Waals surface area (Å²) < 4.78 is 0. The summed E-state index contributed by atoms with van der Waals surface area (Å²) in [5.74, 6) is 0.172. The van der Waals surface area contributed by atoms with Crippen LogP contribution in [0.2, 0.25) is 0 Å². The van der Waals surface area contributed by atoms with Gasteiger partial charge in [-0.2, -0.15) is 0 Å². The van der Waals surface area contributed by atoms with Crippen molar-refractivity contribution >= 4 is 5.71 Å². The molecule has 0 fully saturated rings. The van der Waals surface area contributed by atoms with Gasteiger partial charge < -0.3 is 15.6 Å². The lowest BCUT2D eigenvalue weighted by Gasteiger charge is -2.11. The molecule has 0 saturated heterocycles. The van der Waals surface area contributed by atoms with Gasteiger partial charge in [-0.1, -0.05) is 20.3 Å². The molecule has 3 heteroatoms. The van der Waals surface area contributed by atoms with Gasteiger partial charge in [-0.15, -0.1) is 0 Å². The van der Waals surface area contributed by atoms with Crippen LogP contribution in [0.25, 0.3) is 0 Å². The largest absolute Gasteiger partial charge is 0.508 e. The van der Waals surface area contributed by atoms with E-state index in [0.717, 1.165) is 6.42 Å². The van der Waals surface area contributed by atoms with E-state index in [-0.39, 0.29) is 11.5 Å². The number of hydrogen-bond donors (Lipinski definition) is 3. The number of rotatable bonds is 4. The summed E-state index contributed by atoms with van der Waals surface area (Å²) >= 11 is 0. The van der Waals surface area contributed by atoms with E-state index in [1.807, 2.05) is 13.8 Å². The van der Waals surface area contributed by atoms with Gasteiger partial charge in [0.1, 0.15) is 11.5 Å². The number of phenols is 2. The summed E-state index contributed by atoms with van der Waals surface area (Å²) in [7, 11) is 0.